The van der Waals surface area contributed by atoms with Crippen LogP contribution in [0.2, 0.25) is 0 Å². The number of carbonyl (C=O) groups excluding carboxylic acids is 2. The molecule has 1 aliphatic rings. The van der Waals surface area contributed by atoms with Crippen LogP contribution in [0.4, 0.5) is 24.5 Å². The van der Waals surface area contributed by atoms with Gasteiger partial charge in [0.05, 0.1) is 16.9 Å². The SMILES string of the molecule is CCN(CC)CCNC(=O)CC1CN(C(=O)c2ccc(F)c(F)c2Nc2ccc(I)cc2F)C1. The number of likely N-dealkylation sites (tertiary alicyclic amines) is 1. The summed E-state index contributed by atoms with van der Waals surface area (Å²) in [6.45, 7) is 7.98. The number of benzene rings is 2. The molecule has 0 aromatic heterocycles. The van der Waals surface area contributed by atoms with E-state index in [9.17, 15) is 22.8 Å². The highest BCUT2D eigenvalue weighted by atomic mass is 127. The van der Waals surface area contributed by atoms with Crippen LogP contribution >= 0.6 is 22.6 Å². The van der Waals surface area contributed by atoms with Crippen LogP contribution in [0.3, 0.4) is 0 Å². The van der Waals surface area contributed by atoms with Gasteiger partial charge < -0.3 is 20.4 Å². The van der Waals surface area contributed by atoms with Crippen LogP contribution in [0.1, 0.15) is 30.6 Å². The normalized spacial score (nSPS) is 13.7. The number of hydrogen-bond donors (Lipinski definition) is 2. The Labute approximate surface area is 211 Å². The molecule has 0 atom stereocenters. The van der Waals surface area contributed by atoms with Gasteiger partial charge >= 0.3 is 0 Å². The lowest BCUT2D eigenvalue weighted by atomic mass is 9.94. The second-order valence-corrected chi connectivity index (χ2v) is 9.44. The predicted molar refractivity (Wildman–Crippen MR) is 134 cm³/mol. The standard InChI is InChI=1S/C24H28F3IN4O2/c1-3-31(4-2)10-9-29-21(33)11-15-13-32(14-15)24(34)17-6-7-18(25)22(27)23(17)30-20-8-5-16(28)12-19(20)26/h5-8,12,15,30H,3-4,9-11,13-14H2,1-2H3,(H,29,33). The van der Waals surface area contributed by atoms with Gasteiger partial charge in [-0.15, -0.1) is 0 Å². The summed E-state index contributed by atoms with van der Waals surface area (Å²) in [7, 11) is 0. The molecule has 0 unspecified atom stereocenters. The first-order chi connectivity index (χ1) is 16.2. The van der Waals surface area contributed by atoms with Gasteiger partial charge in [-0.05, 0) is 66.0 Å². The molecule has 0 aliphatic carbocycles. The summed E-state index contributed by atoms with van der Waals surface area (Å²) in [5.74, 6) is -3.64. The molecule has 184 valence electrons. The molecule has 0 saturated carbocycles. The molecular weight excluding hydrogens is 560 g/mol. The van der Waals surface area contributed by atoms with E-state index in [-0.39, 0.29) is 23.1 Å². The van der Waals surface area contributed by atoms with Crippen LogP contribution < -0.4 is 10.6 Å². The third kappa shape index (κ3) is 6.41. The maximum atomic E-state index is 14.6. The number of amides is 2. The number of hydrogen-bond acceptors (Lipinski definition) is 4. The maximum absolute atomic E-state index is 14.6. The molecule has 0 bridgehead atoms. The number of halogens is 4. The number of nitrogens with zero attached hydrogens (tertiary/aromatic N) is 2. The number of carbonyl (C=O) groups is 2. The van der Waals surface area contributed by atoms with E-state index in [4.69, 9.17) is 0 Å². The van der Waals surface area contributed by atoms with E-state index in [1.165, 1.54) is 23.1 Å². The van der Waals surface area contributed by atoms with Crippen molar-refractivity contribution in [3.8, 4) is 0 Å². The van der Waals surface area contributed by atoms with Gasteiger partial charge in [-0.3, -0.25) is 9.59 Å². The molecule has 2 aromatic carbocycles. The fourth-order valence-electron chi connectivity index (χ4n) is 3.84. The van der Waals surface area contributed by atoms with Gasteiger partial charge in [0.25, 0.3) is 5.91 Å². The Morgan fingerprint density at radius 3 is 2.44 bits per heavy atom. The maximum Gasteiger partial charge on any atom is 0.256 e. The average Bonchev–Trinajstić information content (AvgIpc) is 2.78. The zero-order valence-corrected chi connectivity index (χ0v) is 21.3. The molecule has 1 saturated heterocycles. The second-order valence-electron chi connectivity index (χ2n) is 8.19. The monoisotopic (exact) mass is 588 g/mol. The van der Waals surface area contributed by atoms with Crippen molar-refractivity contribution < 1.29 is 22.8 Å². The van der Waals surface area contributed by atoms with Gasteiger partial charge in [0, 0.05) is 42.1 Å². The largest absolute Gasteiger partial charge is 0.355 e. The van der Waals surface area contributed by atoms with Crippen LogP contribution in [0, 0.1) is 26.9 Å². The third-order valence-corrected chi connectivity index (χ3v) is 6.55. The molecule has 1 heterocycles. The number of likely N-dealkylation sites (N-methyl/N-ethyl adjacent to an activating group) is 1. The van der Waals surface area contributed by atoms with Crippen LogP contribution in [0.25, 0.3) is 0 Å². The fraction of sp³-hybridized carbons (Fsp3) is 0.417. The van der Waals surface area contributed by atoms with Gasteiger partial charge in [-0.1, -0.05) is 13.8 Å². The van der Waals surface area contributed by atoms with Crippen molar-refractivity contribution in [3.05, 3.63) is 56.9 Å². The van der Waals surface area contributed by atoms with Crippen molar-refractivity contribution in [1.82, 2.24) is 15.1 Å². The Hall–Kier alpha value is -2.34. The lowest BCUT2D eigenvalue weighted by Crippen LogP contribution is -2.51. The smallest absolute Gasteiger partial charge is 0.256 e. The molecule has 6 nitrogen and oxygen atoms in total. The molecule has 10 heteroatoms. The first-order valence-corrected chi connectivity index (χ1v) is 12.3. The molecule has 1 aliphatic heterocycles. The van der Waals surface area contributed by atoms with Gasteiger partial charge in [-0.25, -0.2) is 13.2 Å². The van der Waals surface area contributed by atoms with E-state index in [0.29, 0.717) is 29.6 Å². The van der Waals surface area contributed by atoms with Gasteiger partial charge in [0.15, 0.2) is 11.6 Å². The van der Waals surface area contributed by atoms with E-state index in [1.54, 1.807) is 6.07 Å². The minimum Gasteiger partial charge on any atom is -0.355 e. The molecule has 34 heavy (non-hydrogen) atoms. The lowest BCUT2D eigenvalue weighted by Gasteiger charge is -2.39. The summed E-state index contributed by atoms with van der Waals surface area (Å²) in [6.07, 6.45) is 0.290. The van der Waals surface area contributed by atoms with Crippen LogP contribution in [-0.2, 0) is 4.79 Å². The Morgan fingerprint density at radius 2 is 1.79 bits per heavy atom. The average molecular weight is 588 g/mol. The molecule has 3 rings (SSSR count). The second kappa shape index (κ2) is 11.9. The van der Waals surface area contributed by atoms with Gasteiger partial charge in [-0.2, -0.15) is 0 Å². The summed E-state index contributed by atoms with van der Waals surface area (Å²) in [6, 6.07) is 6.31. The van der Waals surface area contributed by atoms with E-state index in [0.717, 1.165) is 25.7 Å². The summed E-state index contributed by atoms with van der Waals surface area (Å²) in [5, 5.41) is 5.43. The first kappa shape index (κ1) is 26.3. The van der Waals surface area contributed by atoms with Crippen molar-refractivity contribution >= 4 is 45.8 Å². The van der Waals surface area contributed by atoms with E-state index in [2.05, 4.69) is 29.4 Å². The van der Waals surface area contributed by atoms with E-state index >= 15 is 0 Å². The van der Waals surface area contributed by atoms with Gasteiger partial charge in [0.1, 0.15) is 5.82 Å². The topological polar surface area (TPSA) is 64.7 Å². The zero-order valence-electron chi connectivity index (χ0n) is 19.1. The third-order valence-electron chi connectivity index (χ3n) is 5.88. The Kier molecular flexibility index (Phi) is 9.17. The molecular formula is C24H28F3IN4O2. The Balaban J connectivity index is 1.60. The molecule has 0 spiro atoms. The summed E-state index contributed by atoms with van der Waals surface area (Å²) >= 11 is 1.93. The lowest BCUT2D eigenvalue weighted by molar-refractivity contribution is -0.123. The minimum absolute atomic E-state index is 0.00671. The highest BCUT2D eigenvalue weighted by molar-refractivity contribution is 14.1. The van der Waals surface area contributed by atoms with Crippen molar-refractivity contribution in [1.29, 1.82) is 0 Å². The number of anilines is 2. The molecule has 2 aromatic rings. The quantitative estimate of drug-likeness (QED) is 0.405. The van der Waals surface area contributed by atoms with Crippen LogP contribution in [0.5, 0.6) is 0 Å². The first-order valence-electron chi connectivity index (χ1n) is 11.2. The Morgan fingerprint density at radius 1 is 1.09 bits per heavy atom. The van der Waals surface area contributed by atoms with Crippen LogP contribution in [-0.4, -0.2) is 60.9 Å². The highest BCUT2D eigenvalue weighted by Crippen LogP contribution is 2.31. The van der Waals surface area contributed by atoms with Crippen molar-refractivity contribution in [2.24, 2.45) is 5.92 Å². The molecule has 0 radical (unpaired) electrons. The van der Waals surface area contributed by atoms with Crippen LogP contribution in [0.15, 0.2) is 30.3 Å². The van der Waals surface area contributed by atoms with Crippen molar-refractivity contribution in [2.75, 3.05) is 44.6 Å². The van der Waals surface area contributed by atoms with Crippen molar-refractivity contribution in [3.63, 3.8) is 0 Å². The summed E-state index contributed by atoms with van der Waals surface area (Å²) in [4.78, 5) is 28.8. The summed E-state index contributed by atoms with van der Waals surface area (Å²) < 4.78 is 43.4. The van der Waals surface area contributed by atoms with Gasteiger partial charge in [0.2, 0.25) is 5.91 Å². The van der Waals surface area contributed by atoms with E-state index < -0.39 is 29.0 Å². The molecule has 1 fully saturated rings. The predicted octanol–water partition coefficient (Wildman–Crippen LogP) is 4.37. The number of rotatable bonds is 10. The minimum atomic E-state index is -1.26. The molecule has 2 N–H and O–H groups in total. The zero-order chi connectivity index (χ0) is 24.8. The number of nitrogens with one attached hydrogen (secondary N) is 2. The summed E-state index contributed by atoms with van der Waals surface area (Å²) in [5.41, 5.74) is -0.580. The Bertz CT molecular complexity index is 1040. The fourth-order valence-corrected chi connectivity index (χ4v) is 4.29. The molecule has 2 amide bonds. The highest BCUT2D eigenvalue weighted by Gasteiger charge is 2.34. The van der Waals surface area contributed by atoms with Crippen molar-refractivity contribution in [2.45, 2.75) is 20.3 Å². The van der Waals surface area contributed by atoms with E-state index in [1.807, 2.05) is 22.6 Å².